The van der Waals surface area contributed by atoms with E-state index < -0.39 is 6.04 Å². The molecule has 0 spiro atoms. The minimum absolute atomic E-state index is 0.0385. The van der Waals surface area contributed by atoms with Gasteiger partial charge in [0.1, 0.15) is 11.6 Å². The number of carbonyl (C=O) groups excluding carboxylic acids is 2. The fourth-order valence-electron chi connectivity index (χ4n) is 6.10. The number of nitrogens with two attached hydrogens (primary N) is 1. The van der Waals surface area contributed by atoms with Gasteiger partial charge in [0.25, 0.3) is 0 Å². The average Bonchev–Trinajstić information content (AvgIpc) is 2.90. The second-order valence-corrected chi connectivity index (χ2v) is 11.2. The van der Waals surface area contributed by atoms with Crippen molar-refractivity contribution in [3.63, 3.8) is 0 Å². The SMILES string of the molecule is CC(=O)N1CCC(NC(=O)C(N)Cc2c(C)cc(O)cc2C)c2cc(CN3CCc4ccc(F)cc4C3)ccc21. The van der Waals surface area contributed by atoms with E-state index in [-0.39, 0.29) is 29.4 Å². The molecule has 0 fully saturated rings. The highest BCUT2D eigenvalue weighted by molar-refractivity contribution is 5.93. The first kappa shape index (κ1) is 27.8. The topological polar surface area (TPSA) is 98.9 Å². The number of amides is 2. The number of benzene rings is 3. The highest BCUT2D eigenvalue weighted by Gasteiger charge is 2.30. The monoisotopic (exact) mass is 544 g/mol. The molecule has 2 unspecified atom stereocenters. The molecule has 0 aromatic heterocycles. The maximum absolute atomic E-state index is 13.8. The van der Waals surface area contributed by atoms with Crippen LogP contribution < -0.4 is 16.0 Å². The Kier molecular flexibility index (Phi) is 7.92. The molecule has 7 nitrogen and oxygen atoms in total. The van der Waals surface area contributed by atoms with Gasteiger partial charge in [-0.1, -0.05) is 18.2 Å². The molecule has 2 atom stereocenters. The van der Waals surface area contributed by atoms with Crippen LogP contribution in [0.5, 0.6) is 5.75 Å². The summed E-state index contributed by atoms with van der Waals surface area (Å²) >= 11 is 0. The molecule has 3 aromatic rings. The zero-order valence-electron chi connectivity index (χ0n) is 23.3. The molecule has 0 bridgehead atoms. The molecule has 0 radical (unpaired) electrons. The molecule has 4 N–H and O–H groups in total. The number of phenolic OH excluding ortho intramolecular Hbond substituents is 1. The summed E-state index contributed by atoms with van der Waals surface area (Å²) in [6, 6.07) is 13.4. The number of nitrogens with one attached hydrogen (secondary N) is 1. The van der Waals surface area contributed by atoms with E-state index in [0.29, 0.717) is 32.5 Å². The van der Waals surface area contributed by atoms with Crippen LogP contribution in [0.1, 0.15) is 58.3 Å². The van der Waals surface area contributed by atoms with Gasteiger partial charge in [-0.25, -0.2) is 4.39 Å². The predicted molar refractivity (Wildman–Crippen MR) is 153 cm³/mol. The second-order valence-electron chi connectivity index (χ2n) is 11.2. The number of halogens is 1. The van der Waals surface area contributed by atoms with Crippen molar-refractivity contribution in [1.82, 2.24) is 10.2 Å². The number of hydrogen-bond acceptors (Lipinski definition) is 5. The number of aromatic hydroxyl groups is 1. The van der Waals surface area contributed by atoms with Crippen LogP contribution in [0.3, 0.4) is 0 Å². The molecule has 0 saturated carbocycles. The van der Waals surface area contributed by atoms with Crippen molar-refractivity contribution in [2.24, 2.45) is 5.73 Å². The number of nitrogens with zero attached hydrogens (tertiary/aromatic N) is 2. The zero-order valence-corrected chi connectivity index (χ0v) is 23.3. The summed E-state index contributed by atoms with van der Waals surface area (Å²) in [6.07, 6.45) is 1.82. The average molecular weight is 545 g/mol. The van der Waals surface area contributed by atoms with Gasteiger partial charge in [0.05, 0.1) is 12.1 Å². The van der Waals surface area contributed by atoms with Gasteiger partial charge in [-0.3, -0.25) is 14.5 Å². The van der Waals surface area contributed by atoms with Crippen LogP contribution >= 0.6 is 0 Å². The van der Waals surface area contributed by atoms with Crippen molar-refractivity contribution in [2.45, 2.75) is 65.2 Å². The Labute approximate surface area is 234 Å². The van der Waals surface area contributed by atoms with E-state index in [1.54, 1.807) is 30.0 Å². The first-order valence-corrected chi connectivity index (χ1v) is 13.8. The second kappa shape index (κ2) is 11.4. The van der Waals surface area contributed by atoms with Gasteiger partial charge in [-0.05, 0) is 102 Å². The van der Waals surface area contributed by atoms with E-state index in [1.165, 1.54) is 11.6 Å². The number of hydrogen-bond donors (Lipinski definition) is 3. The van der Waals surface area contributed by atoms with Crippen molar-refractivity contribution >= 4 is 17.5 Å². The largest absolute Gasteiger partial charge is 0.508 e. The Hall–Kier alpha value is -3.75. The first-order chi connectivity index (χ1) is 19.1. The summed E-state index contributed by atoms with van der Waals surface area (Å²) in [5.41, 5.74) is 14.1. The molecule has 40 heavy (non-hydrogen) atoms. The normalized spacial score (nSPS) is 17.6. The fourth-order valence-corrected chi connectivity index (χ4v) is 6.10. The quantitative estimate of drug-likeness (QED) is 0.432. The molecule has 0 saturated heterocycles. The van der Waals surface area contributed by atoms with Gasteiger partial charge in [0.15, 0.2) is 0 Å². The smallest absolute Gasteiger partial charge is 0.237 e. The fraction of sp³-hybridized carbons (Fsp3) is 0.375. The van der Waals surface area contributed by atoms with Gasteiger partial charge < -0.3 is 21.1 Å². The Bertz CT molecular complexity index is 1430. The third-order valence-corrected chi connectivity index (χ3v) is 8.20. The number of phenols is 1. The minimum Gasteiger partial charge on any atom is -0.508 e. The van der Waals surface area contributed by atoms with E-state index >= 15 is 0 Å². The molecular weight excluding hydrogens is 507 g/mol. The van der Waals surface area contributed by atoms with E-state index in [1.807, 2.05) is 32.0 Å². The minimum atomic E-state index is -0.756. The van der Waals surface area contributed by atoms with Crippen molar-refractivity contribution in [3.8, 4) is 5.75 Å². The maximum atomic E-state index is 13.8. The summed E-state index contributed by atoms with van der Waals surface area (Å²) in [6.45, 7) is 8.10. The van der Waals surface area contributed by atoms with Crippen molar-refractivity contribution in [3.05, 3.63) is 93.3 Å². The van der Waals surface area contributed by atoms with Crippen LogP contribution in [0.4, 0.5) is 10.1 Å². The molecule has 0 aliphatic carbocycles. The lowest BCUT2D eigenvalue weighted by molar-refractivity contribution is -0.123. The van der Waals surface area contributed by atoms with E-state index in [9.17, 15) is 19.1 Å². The highest BCUT2D eigenvalue weighted by atomic mass is 19.1. The molecule has 210 valence electrons. The molecule has 2 amide bonds. The Balaban J connectivity index is 1.34. The van der Waals surface area contributed by atoms with Crippen LogP contribution in [0.2, 0.25) is 0 Å². The van der Waals surface area contributed by atoms with Gasteiger partial charge in [-0.2, -0.15) is 0 Å². The van der Waals surface area contributed by atoms with Gasteiger partial charge in [-0.15, -0.1) is 0 Å². The van der Waals surface area contributed by atoms with Crippen LogP contribution in [0.15, 0.2) is 48.5 Å². The summed E-state index contributed by atoms with van der Waals surface area (Å²) in [7, 11) is 0. The van der Waals surface area contributed by atoms with Crippen LogP contribution in [0, 0.1) is 19.7 Å². The summed E-state index contributed by atoms with van der Waals surface area (Å²) in [5, 5.41) is 13.0. The molecule has 3 aromatic carbocycles. The summed E-state index contributed by atoms with van der Waals surface area (Å²) in [4.78, 5) is 29.7. The zero-order chi connectivity index (χ0) is 28.6. The van der Waals surface area contributed by atoms with Gasteiger partial charge in [0.2, 0.25) is 11.8 Å². The third-order valence-electron chi connectivity index (χ3n) is 8.20. The Morgan fingerprint density at radius 3 is 2.55 bits per heavy atom. The third kappa shape index (κ3) is 5.88. The Morgan fingerprint density at radius 1 is 1.07 bits per heavy atom. The Morgan fingerprint density at radius 2 is 1.82 bits per heavy atom. The predicted octanol–water partition coefficient (Wildman–Crippen LogP) is 4.19. The van der Waals surface area contributed by atoms with Crippen molar-refractivity contribution in [1.29, 1.82) is 0 Å². The number of anilines is 1. The molecule has 2 aliphatic rings. The van der Waals surface area contributed by atoms with Crippen molar-refractivity contribution in [2.75, 3.05) is 18.0 Å². The van der Waals surface area contributed by atoms with E-state index in [0.717, 1.165) is 52.0 Å². The molecule has 8 heteroatoms. The molecule has 2 heterocycles. The molecule has 5 rings (SSSR count). The van der Waals surface area contributed by atoms with E-state index in [4.69, 9.17) is 5.73 Å². The van der Waals surface area contributed by atoms with Gasteiger partial charge in [0, 0.05) is 38.8 Å². The van der Waals surface area contributed by atoms with E-state index in [2.05, 4.69) is 16.3 Å². The lowest BCUT2D eigenvalue weighted by Crippen LogP contribution is -2.46. The number of carbonyl (C=O) groups is 2. The molecular formula is C32H37FN4O3. The lowest BCUT2D eigenvalue weighted by atomic mass is 9.92. The lowest BCUT2D eigenvalue weighted by Gasteiger charge is -2.35. The summed E-state index contributed by atoms with van der Waals surface area (Å²) < 4.78 is 13.8. The maximum Gasteiger partial charge on any atom is 0.237 e. The standard InChI is InChI=1S/C32H37FN4O3/c1-19-12-26(39)13-20(2)27(19)16-29(34)32(40)35-30-9-11-37(21(3)38)31-7-4-22(14-28(30)31)17-36-10-8-23-5-6-25(33)15-24(23)18-36/h4-7,12-15,29-30,39H,8-11,16-18,34H2,1-3H3,(H,35,40). The van der Waals surface area contributed by atoms with Crippen LogP contribution in [-0.4, -0.2) is 41.0 Å². The first-order valence-electron chi connectivity index (χ1n) is 13.8. The number of rotatable bonds is 6. The highest BCUT2D eigenvalue weighted by Crippen LogP contribution is 2.35. The van der Waals surface area contributed by atoms with Crippen LogP contribution in [-0.2, 0) is 35.5 Å². The summed E-state index contributed by atoms with van der Waals surface area (Å²) in [5.74, 6) is -0.309. The number of fused-ring (bicyclic) bond motifs is 2. The van der Waals surface area contributed by atoms with Crippen LogP contribution in [0.25, 0.3) is 0 Å². The number of aryl methyl sites for hydroxylation is 2. The molecule has 2 aliphatic heterocycles. The van der Waals surface area contributed by atoms with Gasteiger partial charge >= 0.3 is 0 Å². The van der Waals surface area contributed by atoms with Crippen molar-refractivity contribution < 1.29 is 19.1 Å².